The van der Waals surface area contributed by atoms with Crippen LogP contribution in [-0.4, -0.2) is 39.2 Å². The lowest BCUT2D eigenvalue weighted by molar-refractivity contribution is -0.118. The average molecular weight is 482 g/mol. The maximum Gasteiger partial charge on any atom is 0.235 e. The number of hydrogen-bond acceptors (Lipinski definition) is 3. The Hall–Kier alpha value is -1.65. The van der Waals surface area contributed by atoms with Gasteiger partial charge in [0.05, 0.1) is 26.8 Å². The number of aryl methyl sites for hydroxylation is 1. The molecule has 144 valence electrons. The summed E-state index contributed by atoms with van der Waals surface area (Å²) < 4.78 is 42.4. The summed E-state index contributed by atoms with van der Waals surface area (Å²) in [6.45, 7) is 0.392. The maximum absolute atomic E-state index is 13.9. The van der Waals surface area contributed by atoms with Gasteiger partial charge >= 0.3 is 0 Å². The van der Waals surface area contributed by atoms with E-state index < -0.39 is 40.9 Å². The zero-order valence-electron chi connectivity index (χ0n) is 14.1. The van der Waals surface area contributed by atoms with Crippen molar-refractivity contribution in [1.29, 1.82) is 0 Å². The number of hydrogen-bond donors (Lipinski definition) is 1. The Kier molecular flexibility index (Phi) is 5.51. The molecule has 0 unspecified atom stereocenters. The predicted molar refractivity (Wildman–Crippen MR) is 102 cm³/mol. The standard InChI is InChI=1S/C16H13BrClF3N4OS/c1-24-5-6(13-10(17)14(18)25(2)23-13)9(16(24)27)15(26)22-8-4-3-7(19)11(20)12(8)21/h3-4,6,9H,5H2,1-2H3,(H,22,26)/t6-,9-/m0/s1. The minimum atomic E-state index is -1.66. The van der Waals surface area contributed by atoms with E-state index >= 15 is 0 Å². The number of amides is 1. The van der Waals surface area contributed by atoms with Gasteiger partial charge in [0.25, 0.3) is 0 Å². The van der Waals surface area contributed by atoms with E-state index in [1.165, 1.54) is 4.68 Å². The molecule has 0 bridgehead atoms. The van der Waals surface area contributed by atoms with Crippen LogP contribution in [0, 0.1) is 23.4 Å². The highest BCUT2D eigenvalue weighted by Gasteiger charge is 2.44. The Morgan fingerprint density at radius 1 is 1.33 bits per heavy atom. The largest absolute Gasteiger partial charge is 0.368 e. The van der Waals surface area contributed by atoms with Crippen molar-refractivity contribution in [2.24, 2.45) is 13.0 Å². The van der Waals surface area contributed by atoms with Crippen LogP contribution in [0.2, 0.25) is 5.15 Å². The van der Waals surface area contributed by atoms with Crippen LogP contribution in [0.4, 0.5) is 18.9 Å². The number of halogens is 5. The molecule has 2 atom stereocenters. The van der Waals surface area contributed by atoms with Gasteiger partial charge in [-0.3, -0.25) is 9.48 Å². The Morgan fingerprint density at radius 2 is 2.00 bits per heavy atom. The molecule has 27 heavy (non-hydrogen) atoms. The topological polar surface area (TPSA) is 50.2 Å². The van der Waals surface area contributed by atoms with Gasteiger partial charge in [0.2, 0.25) is 5.91 Å². The normalized spacial score (nSPS) is 19.7. The number of carbonyl (C=O) groups excluding carboxylic acids is 1. The molecule has 1 aliphatic heterocycles. The second-order valence-electron chi connectivity index (χ2n) is 6.13. The Bertz CT molecular complexity index is 954. The highest BCUT2D eigenvalue weighted by molar-refractivity contribution is 9.10. The minimum absolute atomic E-state index is 0.328. The van der Waals surface area contributed by atoms with E-state index in [0.29, 0.717) is 26.9 Å². The molecule has 0 saturated carbocycles. The third-order valence-corrected chi connectivity index (χ3v) is 6.40. The summed E-state index contributed by atoms with van der Waals surface area (Å²) in [6, 6.07) is 1.69. The molecular weight excluding hydrogens is 469 g/mol. The Morgan fingerprint density at radius 3 is 2.59 bits per heavy atom. The van der Waals surface area contributed by atoms with E-state index in [0.717, 1.165) is 12.1 Å². The lowest BCUT2D eigenvalue weighted by Gasteiger charge is -2.17. The van der Waals surface area contributed by atoms with Crippen molar-refractivity contribution in [3.05, 3.63) is 44.9 Å². The van der Waals surface area contributed by atoms with Gasteiger partial charge in [0, 0.05) is 26.6 Å². The molecule has 1 aromatic heterocycles. The first kappa shape index (κ1) is 20.1. The molecule has 0 aliphatic carbocycles. The van der Waals surface area contributed by atoms with Gasteiger partial charge < -0.3 is 10.2 Å². The summed E-state index contributed by atoms with van der Waals surface area (Å²) in [4.78, 5) is 14.9. The smallest absolute Gasteiger partial charge is 0.235 e. The van der Waals surface area contributed by atoms with Gasteiger partial charge in [-0.1, -0.05) is 23.8 Å². The van der Waals surface area contributed by atoms with Crippen LogP contribution in [0.5, 0.6) is 0 Å². The summed E-state index contributed by atoms with van der Waals surface area (Å²) in [5, 5.41) is 6.98. The van der Waals surface area contributed by atoms with E-state index in [-0.39, 0.29) is 0 Å². The molecule has 5 nitrogen and oxygen atoms in total. The predicted octanol–water partition coefficient (Wildman–Crippen LogP) is 3.86. The lowest BCUT2D eigenvalue weighted by Crippen LogP contribution is -2.32. The first-order chi connectivity index (χ1) is 12.6. The summed E-state index contributed by atoms with van der Waals surface area (Å²) in [7, 11) is 3.37. The number of likely N-dealkylation sites (N-methyl/N-ethyl adjacent to an activating group) is 1. The van der Waals surface area contributed by atoms with Crippen LogP contribution in [-0.2, 0) is 11.8 Å². The number of benzene rings is 1. The summed E-state index contributed by atoms with van der Waals surface area (Å²) in [6.07, 6.45) is 0. The van der Waals surface area contributed by atoms with Crippen molar-refractivity contribution in [3.8, 4) is 0 Å². The molecule has 1 N–H and O–H groups in total. The van der Waals surface area contributed by atoms with Gasteiger partial charge in [-0.2, -0.15) is 5.10 Å². The maximum atomic E-state index is 13.9. The fraction of sp³-hybridized carbons (Fsp3) is 0.312. The van der Waals surface area contributed by atoms with E-state index in [1.807, 2.05) is 0 Å². The number of likely N-dealkylation sites (tertiary alicyclic amines) is 1. The number of nitrogens with one attached hydrogen (secondary N) is 1. The van der Waals surface area contributed by atoms with Crippen LogP contribution in [0.25, 0.3) is 0 Å². The molecule has 1 aliphatic rings. The van der Waals surface area contributed by atoms with Gasteiger partial charge in [-0.15, -0.1) is 0 Å². The highest BCUT2D eigenvalue weighted by Crippen LogP contribution is 2.40. The molecule has 1 aromatic carbocycles. The number of aromatic nitrogens is 2. The van der Waals surface area contributed by atoms with Crippen molar-refractivity contribution in [2.45, 2.75) is 5.92 Å². The first-order valence-electron chi connectivity index (χ1n) is 7.70. The molecule has 1 fully saturated rings. The third kappa shape index (κ3) is 3.45. The second-order valence-corrected chi connectivity index (χ2v) is 7.70. The fourth-order valence-electron chi connectivity index (χ4n) is 3.01. The van der Waals surface area contributed by atoms with E-state index in [4.69, 9.17) is 23.8 Å². The van der Waals surface area contributed by atoms with E-state index in [2.05, 4.69) is 26.3 Å². The van der Waals surface area contributed by atoms with Crippen LogP contribution in [0.1, 0.15) is 11.6 Å². The van der Waals surface area contributed by atoms with E-state index in [1.54, 1.807) is 19.0 Å². The van der Waals surface area contributed by atoms with E-state index in [9.17, 15) is 18.0 Å². The fourth-order valence-corrected chi connectivity index (χ4v) is 4.12. The molecule has 1 amide bonds. The monoisotopic (exact) mass is 480 g/mol. The summed E-state index contributed by atoms with van der Waals surface area (Å²) in [5.41, 5.74) is 0.0632. The van der Waals surface area contributed by atoms with Crippen molar-refractivity contribution < 1.29 is 18.0 Å². The number of nitrogens with zero attached hydrogens (tertiary/aromatic N) is 3. The summed E-state index contributed by atoms with van der Waals surface area (Å²) in [5.74, 6) is -6.43. The van der Waals surface area contributed by atoms with Gasteiger partial charge in [-0.25, -0.2) is 13.2 Å². The molecule has 11 heteroatoms. The van der Waals surface area contributed by atoms with Gasteiger partial charge in [-0.05, 0) is 28.1 Å². The van der Waals surface area contributed by atoms with Crippen LogP contribution < -0.4 is 5.32 Å². The van der Waals surface area contributed by atoms with Crippen molar-refractivity contribution in [1.82, 2.24) is 14.7 Å². The number of carbonyl (C=O) groups is 1. The van der Waals surface area contributed by atoms with Gasteiger partial charge in [0.1, 0.15) is 5.15 Å². The first-order valence-corrected chi connectivity index (χ1v) is 9.28. The summed E-state index contributed by atoms with van der Waals surface area (Å²) >= 11 is 14.9. The molecule has 2 aromatic rings. The van der Waals surface area contributed by atoms with Crippen molar-refractivity contribution in [2.75, 3.05) is 18.9 Å². The third-order valence-electron chi connectivity index (χ3n) is 4.39. The van der Waals surface area contributed by atoms with Crippen molar-refractivity contribution in [3.63, 3.8) is 0 Å². The lowest BCUT2D eigenvalue weighted by atomic mass is 9.92. The number of thiocarbonyl (C=S) groups is 1. The van der Waals surface area contributed by atoms with Crippen LogP contribution in [0.3, 0.4) is 0 Å². The molecule has 0 spiro atoms. The van der Waals surface area contributed by atoms with Crippen LogP contribution in [0.15, 0.2) is 16.6 Å². The second kappa shape index (κ2) is 7.40. The Balaban J connectivity index is 1.94. The molecule has 1 saturated heterocycles. The number of anilines is 1. The average Bonchev–Trinajstić information content (AvgIpc) is 3.06. The van der Waals surface area contributed by atoms with Crippen LogP contribution >= 0.6 is 39.7 Å². The molecule has 2 heterocycles. The molecular formula is C16H13BrClF3N4OS. The zero-order valence-corrected chi connectivity index (χ0v) is 17.2. The zero-order chi connectivity index (χ0) is 20.0. The van der Waals surface area contributed by atoms with Gasteiger partial charge in [0.15, 0.2) is 17.5 Å². The SMILES string of the molecule is CN1C[C@H](c2nn(C)c(Cl)c2Br)[C@@H](C(=O)Nc2ccc(F)c(F)c2F)C1=S. The molecule has 3 rings (SSSR count). The highest BCUT2D eigenvalue weighted by atomic mass is 79.9. The Labute approximate surface area is 171 Å². The number of rotatable bonds is 3. The minimum Gasteiger partial charge on any atom is -0.368 e. The van der Waals surface area contributed by atoms with Crippen molar-refractivity contribution >= 4 is 56.3 Å². The molecule has 0 radical (unpaired) electrons. The quantitative estimate of drug-likeness (QED) is 0.534.